The van der Waals surface area contributed by atoms with Crippen LogP contribution in [0.5, 0.6) is 0 Å². The largest absolute Gasteiger partial charge is 0.395 e. The second-order valence-corrected chi connectivity index (χ2v) is 5.05. The van der Waals surface area contributed by atoms with Gasteiger partial charge in [0, 0.05) is 20.1 Å². The van der Waals surface area contributed by atoms with Crippen LogP contribution in [0.2, 0.25) is 0 Å². The number of carbonyl (C=O) groups is 1. The molecule has 1 aromatic heterocycles. The van der Waals surface area contributed by atoms with Gasteiger partial charge in [-0.25, -0.2) is 0 Å². The van der Waals surface area contributed by atoms with Gasteiger partial charge in [-0.15, -0.1) is 0 Å². The van der Waals surface area contributed by atoms with Gasteiger partial charge in [0.2, 0.25) is 0 Å². The van der Waals surface area contributed by atoms with Gasteiger partial charge in [-0.2, -0.15) is 5.10 Å². The maximum absolute atomic E-state index is 12.4. The van der Waals surface area contributed by atoms with Gasteiger partial charge in [-0.3, -0.25) is 9.48 Å². The lowest BCUT2D eigenvalue weighted by Gasteiger charge is -2.19. The molecule has 0 spiro atoms. The standard InChI is InChI=1S/C13H25N5O/c1-6-18-12(11(14)10(2)15-18)13(19)17(5)9-7-8-16(3)4/h6-9,14H2,1-5H3. The zero-order valence-corrected chi connectivity index (χ0v) is 12.6. The van der Waals surface area contributed by atoms with E-state index in [9.17, 15) is 4.79 Å². The molecule has 1 amide bonds. The number of hydrogen-bond donors (Lipinski definition) is 1. The van der Waals surface area contributed by atoms with Crippen molar-refractivity contribution in [2.75, 3.05) is 40.0 Å². The molecule has 2 N–H and O–H groups in total. The van der Waals surface area contributed by atoms with Crippen molar-refractivity contribution >= 4 is 11.6 Å². The van der Waals surface area contributed by atoms with Gasteiger partial charge in [-0.1, -0.05) is 0 Å². The van der Waals surface area contributed by atoms with Crippen LogP contribution in [-0.4, -0.2) is 59.7 Å². The highest BCUT2D eigenvalue weighted by Crippen LogP contribution is 2.18. The van der Waals surface area contributed by atoms with Crippen LogP contribution in [0.25, 0.3) is 0 Å². The minimum absolute atomic E-state index is 0.0568. The lowest BCUT2D eigenvalue weighted by atomic mass is 10.2. The second kappa shape index (κ2) is 6.56. The molecule has 1 aromatic rings. The highest BCUT2D eigenvalue weighted by atomic mass is 16.2. The smallest absolute Gasteiger partial charge is 0.274 e. The minimum atomic E-state index is -0.0568. The lowest BCUT2D eigenvalue weighted by molar-refractivity contribution is 0.0779. The fraction of sp³-hybridized carbons (Fsp3) is 0.692. The van der Waals surface area contributed by atoms with Crippen LogP contribution in [0.4, 0.5) is 5.69 Å². The number of aryl methyl sites for hydroxylation is 2. The predicted molar refractivity (Wildman–Crippen MR) is 77.2 cm³/mol. The van der Waals surface area contributed by atoms with E-state index in [0.29, 0.717) is 30.2 Å². The summed E-state index contributed by atoms with van der Waals surface area (Å²) >= 11 is 0. The van der Waals surface area contributed by atoms with E-state index in [0.717, 1.165) is 13.0 Å². The molecule has 6 heteroatoms. The minimum Gasteiger partial charge on any atom is -0.395 e. The van der Waals surface area contributed by atoms with E-state index in [4.69, 9.17) is 5.73 Å². The Bertz CT molecular complexity index is 438. The molecule has 6 nitrogen and oxygen atoms in total. The van der Waals surface area contributed by atoms with Gasteiger partial charge in [0.05, 0.1) is 11.4 Å². The molecule has 0 aliphatic rings. The highest BCUT2D eigenvalue weighted by molar-refractivity contribution is 5.97. The number of amides is 1. The van der Waals surface area contributed by atoms with Gasteiger partial charge in [0.1, 0.15) is 5.69 Å². The highest BCUT2D eigenvalue weighted by Gasteiger charge is 2.21. The molecule has 108 valence electrons. The molecule has 0 saturated heterocycles. The Balaban J connectivity index is 2.76. The molecular weight excluding hydrogens is 242 g/mol. The average Bonchev–Trinajstić information content (AvgIpc) is 2.63. The van der Waals surface area contributed by atoms with E-state index >= 15 is 0 Å². The fourth-order valence-corrected chi connectivity index (χ4v) is 1.96. The van der Waals surface area contributed by atoms with E-state index in [-0.39, 0.29) is 5.91 Å². The quantitative estimate of drug-likeness (QED) is 0.828. The number of aromatic nitrogens is 2. The second-order valence-electron chi connectivity index (χ2n) is 5.05. The van der Waals surface area contributed by atoms with Gasteiger partial charge in [-0.05, 0) is 40.9 Å². The number of anilines is 1. The third-order valence-electron chi connectivity index (χ3n) is 3.12. The van der Waals surface area contributed by atoms with Crippen molar-refractivity contribution in [3.8, 4) is 0 Å². The maximum atomic E-state index is 12.4. The Hall–Kier alpha value is -1.56. The van der Waals surface area contributed by atoms with E-state index in [1.165, 1.54) is 0 Å². The third kappa shape index (κ3) is 3.70. The Morgan fingerprint density at radius 3 is 2.47 bits per heavy atom. The topological polar surface area (TPSA) is 67.4 Å². The van der Waals surface area contributed by atoms with Crippen LogP contribution in [0.3, 0.4) is 0 Å². The zero-order chi connectivity index (χ0) is 14.6. The lowest BCUT2D eigenvalue weighted by Crippen LogP contribution is -2.32. The summed E-state index contributed by atoms with van der Waals surface area (Å²) in [5, 5.41) is 4.28. The van der Waals surface area contributed by atoms with Gasteiger partial charge >= 0.3 is 0 Å². The van der Waals surface area contributed by atoms with Gasteiger partial charge < -0.3 is 15.5 Å². The van der Waals surface area contributed by atoms with Crippen molar-refractivity contribution in [2.45, 2.75) is 26.8 Å². The molecule has 0 saturated carbocycles. The normalized spacial score (nSPS) is 11.1. The van der Waals surface area contributed by atoms with Gasteiger partial charge in [0.15, 0.2) is 0 Å². The Kier molecular flexibility index (Phi) is 5.35. The summed E-state index contributed by atoms with van der Waals surface area (Å²) in [6, 6.07) is 0. The summed E-state index contributed by atoms with van der Waals surface area (Å²) in [7, 11) is 5.85. The van der Waals surface area contributed by atoms with Crippen molar-refractivity contribution in [2.24, 2.45) is 0 Å². The summed E-state index contributed by atoms with van der Waals surface area (Å²) in [6.07, 6.45) is 0.939. The molecule has 19 heavy (non-hydrogen) atoms. The van der Waals surface area contributed by atoms with Crippen LogP contribution in [-0.2, 0) is 6.54 Å². The molecule has 0 aliphatic carbocycles. The number of rotatable bonds is 6. The summed E-state index contributed by atoms with van der Waals surface area (Å²) < 4.78 is 1.68. The molecule has 0 bridgehead atoms. The molecule has 0 unspecified atom stereocenters. The van der Waals surface area contributed by atoms with Crippen LogP contribution >= 0.6 is 0 Å². The van der Waals surface area contributed by atoms with Crippen molar-refractivity contribution in [1.29, 1.82) is 0 Å². The van der Waals surface area contributed by atoms with E-state index in [2.05, 4.69) is 10.00 Å². The summed E-state index contributed by atoms with van der Waals surface area (Å²) in [5.74, 6) is -0.0568. The Morgan fingerprint density at radius 2 is 1.95 bits per heavy atom. The van der Waals surface area contributed by atoms with Gasteiger partial charge in [0.25, 0.3) is 5.91 Å². The first-order valence-corrected chi connectivity index (χ1v) is 6.61. The monoisotopic (exact) mass is 267 g/mol. The number of nitrogens with two attached hydrogens (primary N) is 1. The van der Waals surface area contributed by atoms with Crippen molar-refractivity contribution in [3.05, 3.63) is 11.4 Å². The SMILES string of the molecule is CCn1nc(C)c(N)c1C(=O)N(C)CCCN(C)C. The van der Waals surface area contributed by atoms with Crippen LogP contribution < -0.4 is 5.73 Å². The molecule has 1 heterocycles. The summed E-state index contributed by atoms with van der Waals surface area (Å²) in [4.78, 5) is 16.2. The third-order valence-corrected chi connectivity index (χ3v) is 3.12. The first kappa shape index (κ1) is 15.5. The Morgan fingerprint density at radius 1 is 1.32 bits per heavy atom. The van der Waals surface area contributed by atoms with Crippen molar-refractivity contribution in [3.63, 3.8) is 0 Å². The van der Waals surface area contributed by atoms with Crippen LogP contribution in [0, 0.1) is 6.92 Å². The Labute approximate surface area is 115 Å². The van der Waals surface area contributed by atoms with E-state index in [1.54, 1.807) is 16.6 Å². The maximum Gasteiger partial charge on any atom is 0.274 e. The van der Waals surface area contributed by atoms with Crippen molar-refractivity contribution in [1.82, 2.24) is 19.6 Å². The number of nitrogens with zero attached hydrogens (tertiary/aromatic N) is 4. The van der Waals surface area contributed by atoms with Crippen LogP contribution in [0.15, 0.2) is 0 Å². The first-order valence-electron chi connectivity index (χ1n) is 6.61. The summed E-state index contributed by atoms with van der Waals surface area (Å²) in [6.45, 7) is 6.09. The predicted octanol–water partition coefficient (Wildman–Crippen LogP) is 0.817. The molecule has 0 radical (unpaired) electrons. The van der Waals surface area contributed by atoms with Crippen molar-refractivity contribution < 1.29 is 4.79 Å². The number of hydrogen-bond acceptors (Lipinski definition) is 4. The van der Waals surface area contributed by atoms with E-state index in [1.807, 2.05) is 27.9 Å². The number of carbonyl (C=O) groups excluding carboxylic acids is 1. The molecule has 0 fully saturated rings. The van der Waals surface area contributed by atoms with E-state index < -0.39 is 0 Å². The molecule has 0 aliphatic heterocycles. The molecule has 0 atom stereocenters. The molecule has 0 aromatic carbocycles. The molecular formula is C13H25N5O. The summed E-state index contributed by atoms with van der Waals surface area (Å²) in [5.41, 5.74) is 7.67. The first-order chi connectivity index (χ1) is 8.88. The van der Waals surface area contributed by atoms with Crippen LogP contribution in [0.1, 0.15) is 29.5 Å². The number of nitrogen functional groups attached to an aromatic ring is 1. The molecule has 1 rings (SSSR count). The zero-order valence-electron chi connectivity index (χ0n) is 12.6. The average molecular weight is 267 g/mol. The fourth-order valence-electron chi connectivity index (χ4n) is 1.96.